The molecule has 0 radical (unpaired) electrons. The summed E-state index contributed by atoms with van der Waals surface area (Å²) in [6.07, 6.45) is 1.05. The first kappa shape index (κ1) is 15.5. The first-order valence-corrected chi connectivity index (χ1v) is 7.17. The third-order valence-electron chi connectivity index (χ3n) is 3.92. The van der Waals surface area contributed by atoms with Gasteiger partial charge >= 0.3 is 0 Å². The van der Waals surface area contributed by atoms with Crippen molar-refractivity contribution < 1.29 is 0 Å². The zero-order valence-corrected chi connectivity index (χ0v) is 13.0. The van der Waals surface area contributed by atoms with Crippen LogP contribution in [0.1, 0.15) is 40.2 Å². The van der Waals surface area contributed by atoms with Crippen LogP contribution in [-0.2, 0) is 6.42 Å². The van der Waals surface area contributed by atoms with E-state index in [1.165, 1.54) is 5.56 Å². The molecule has 0 heterocycles. The van der Waals surface area contributed by atoms with Crippen molar-refractivity contribution in [3.05, 3.63) is 34.9 Å². The topological polar surface area (TPSA) is 12.0 Å². The Morgan fingerprint density at radius 2 is 1.67 bits per heavy atom. The SMILES string of the molecule is CC(Cc1ccc(Cl)cc1)NCC(C)(C)C(C)C. The Labute approximate surface area is 117 Å². The molecule has 0 aliphatic heterocycles. The van der Waals surface area contributed by atoms with Crippen LogP contribution in [0.25, 0.3) is 0 Å². The maximum absolute atomic E-state index is 5.89. The maximum Gasteiger partial charge on any atom is 0.0406 e. The van der Waals surface area contributed by atoms with E-state index in [0.29, 0.717) is 17.4 Å². The van der Waals surface area contributed by atoms with Gasteiger partial charge < -0.3 is 5.32 Å². The normalized spacial score (nSPS) is 13.9. The molecule has 0 fully saturated rings. The van der Waals surface area contributed by atoms with Crippen molar-refractivity contribution in [1.82, 2.24) is 5.32 Å². The van der Waals surface area contributed by atoms with E-state index in [1.807, 2.05) is 12.1 Å². The summed E-state index contributed by atoms with van der Waals surface area (Å²) in [5.74, 6) is 0.688. The zero-order chi connectivity index (χ0) is 13.8. The third-order valence-corrected chi connectivity index (χ3v) is 4.18. The predicted molar refractivity (Wildman–Crippen MR) is 81.2 cm³/mol. The van der Waals surface area contributed by atoms with Crippen LogP contribution in [-0.4, -0.2) is 12.6 Å². The van der Waals surface area contributed by atoms with Gasteiger partial charge in [-0.15, -0.1) is 0 Å². The average Bonchev–Trinajstić information content (AvgIpc) is 2.29. The van der Waals surface area contributed by atoms with Crippen molar-refractivity contribution in [3.8, 4) is 0 Å². The second-order valence-electron chi connectivity index (χ2n) is 6.26. The molecule has 18 heavy (non-hydrogen) atoms. The van der Waals surface area contributed by atoms with Crippen molar-refractivity contribution in [2.75, 3.05) is 6.54 Å². The van der Waals surface area contributed by atoms with E-state index >= 15 is 0 Å². The second-order valence-corrected chi connectivity index (χ2v) is 6.69. The Kier molecular flexibility index (Phi) is 5.68. The van der Waals surface area contributed by atoms with Crippen LogP contribution in [0, 0.1) is 11.3 Å². The van der Waals surface area contributed by atoms with Crippen LogP contribution >= 0.6 is 11.6 Å². The molecular formula is C16H26ClN. The lowest BCUT2D eigenvalue weighted by Crippen LogP contribution is -2.39. The summed E-state index contributed by atoms with van der Waals surface area (Å²) in [6.45, 7) is 12.5. The van der Waals surface area contributed by atoms with E-state index in [-0.39, 0.29) is 0 Å². The number of benzene rings is 1. The molecule has 1 rings (SSSR count). The summed E-state index contributed by atoms with van der Waals surface area (Å²) in [4.78, 5) is 0. The number of nitrogens with one attached hydrogen (secondary N) is 1. The van der Waals surface area contributed by atoms with Crippen molar-refractivity contribution in [2.45, 2.75) is 47.1 Å². The highest BCUT2D eigenvalue weighted by atomic mass is 35.5. The fourth-order valence-corrected chi connectivity index (χ4v) is 1.81. The summed E-state index contributed by atoms with van der Waals surface area (Å²) in [6, 6.07) is 8.62. The van der Waals surface area contributed by atoms with Crippen molar-refractivity contribution in [3.63, 3.8) is 0 Å². The molecule has 0 amide bonds. The quantitative estimate of drug-likeness (QED) is 0.798. The molecule has 2 heteroatoms. The minimum atomic E-state index is 0.342. The molecule has 1 atom stereocenters. The Hall–Kier alpha value is -0.530. The van der Waals surface area contributed by atoms with Crippen molar-refractivity contribution in [1.29, 1.82) is 0 Å². The summed E-state index contributed by atoms with van der Waals surface area (Å²) < 4.78 is 0. The molecule has 1 aromatic rings. The Bertz CT molecular complexity index is 354. The Balaban J connectivity index is 2.42. The van der Waals surface area contributed by atoms with Gasteiger partial charge in [-0.3, -0.25) is 0 Å². The molecule has 1 N–H and O–H groups in total. The molecule has 0 aromatic heterocycles. The first-order chi connectivity index (χ1) is 8.31. The van der Waals surface area contributed by atoms with E-state index in [0.717, 1.165) is 18.0 Å². The maximum atomic E-state index is 5.89. The van der Waals surface area contributed by atoms with Gasteiger partial charge in [0.15, 0.2) is 0 Å². The minimum Gasteiger partial charge on any atom is -0.313 e. The number of rotatable bonds is 6. The molecule has 0 spiro atoms. The second kappa shape index (κ2) is 6.58. The largest absolute Gasteiger partial charge is 0.313 e. The van der Waals surface area contributed by atoms with Gasteiger partial charge in [0.25, 0.3) is 0 Å². The van der Waals surface area contributed by atoms with Crippen LogP contribution in [0.15, 0.2) is 24.3 Å². The first-order valence-electron chi connectivity index (χ1n) is 6.79. The molecular weight excluding hydrogens is 242 g/mol. The predicted octanol–water partition coefficient (Wildman–Crippen LogP) is 4.54. The average molecular weight is 268 g/mol. The molecule has 0 aliphatic carbocycles. The Morgan fingerprint density at radius 3 is 2.17 bits per heavy atom. The van der Waals surface area contributed by atoms with Crippen LogP contribution in [0.5, 0.6) is 0 Å². The van der Waals surface area contributed by atoms with Gasteiger partial charge in [-0.05, 0) is 42.4 Å². The molecule has 1 aromatic carbocycles. The third kappa shape index (κ3) is 4.99. The van der Waals surface area contributed by atoms with Gasteiger partial charge in [0.2, 0.25) is 0 Å². The highest BCUT2D eigenvalue weighted by molar-refractivity contribution is 6.30. The molecule has 102 valence electrons. The number of hydrogen-bond donors (Lipinski definition) is 1. The minimum absolute atomic E-state index is 0.342. The molecule has 0 aliphatic rings. The summed E-state index contributed by atoms with van der Waals surface area (Å²) in [5, 5.41) is 4.44. The van der Waals surface area contributed by atoms with Crippen LogP contribution in [0.4, 0.5) is 0 Å². The zero-order valence-electron chi connectivity index (χ0n) is 12.3. The number of hydrogen-bond acceptors (Lipinski definition) is 1. The molecule has 0 saturated carbocycles. The van der Waals surface area contributed by atoms with Gasteiger partial charge in [-0.1, -0.05) is 51.4 Å². The van der Waals surface area contributed by atoms with E-state index in [4.69, 9.17) is 11.6 Å². The summed E-state index contributed by atoms with van der Waals surface area (Å²) in [7, 11) is 0. The molecule has 1 unspecified atom stereocenters. The lowest BCUT2D eigenvalue weighted by atomic mass is 9.81. The van der Waals surface area contributed by atoms with E-state index in [9.17, 15) is 0 Å². The fourth-order valence-electron chi connectivity index (χ4n) is 1.69. The fraction of sp³-hybridized carbons (Fsp3) is 0.625. The summed E-state index contributed by atoms with van der Waals surface area (Å²) >= 11 is 5.89. The summed E-state index contributed by atoms with van der Waals surface area (Å²) in [5.41, 5.74) is 1.68. The van der Waals surface area contributed by atoms with Crippen LogP contribution in [0.3, 0.4) is 0 Å². The van der Waals surface area contributed by atoms with Crippen LogP contribution in [0.2, 0.25) is 5.02 Å². The highest BCUT2D eigenvalue weighted by Crippen LogP contribution is 2.25. The standard InChI is InChI=1S/C16H26ClN/c1-12(2)16(4,5)11-18-13(3)10-14-6-8-15(17)9-7-14/h6-9,12-13,18H,10-11H2,1-5H3. The van der Waals surface area contributed by atoms with Crippen molar-refractivity contribution in [2.24, 2.45) is 11.3 Å². The van der Waals surface area contributed by atoms with Gasteiger partial charge in [-0.2, -0.15) is 0 Å². The van der Waals surface area contributed by atoms with E-state index in [2.05, 4.69) is 52.1 Å². The molecule has 0 bridgehead atoms. The van der Waals surface area contributed by atoms with E-state index in [1.54, 1.807) is 0 Å². The lowest BCUT2D eigenvalue weighted by molar-refractivity contribution is 0.230. The van der Waals surface area contributed by atoms with Crippen molar-refractivity contribution >= 4 is 11.6 Å². The molecule has 1 nitrogen and oxygen atoms in total. The molecule has 0 saturated heterocycles. The van der Waals surface area contributed by atoms with Gasteiger partial charge in [0.05, 0.1) is 0 Å². The van der Waals surface area contributed by atoms with Gasteiger partial charge in [-0.25, -0.2) is 0 Å². The number of halogens is 1. The van der Waals surface area contributed by atoms with Gasteiger partial charge in [0.1, 0.15) is 0 Å². The van der Waals surface area contributed by atoms with E-state index < -0.39 is 0 Å². The monoisotopic (exact) mass is 267 g/mol. The lowest BCUT2D eigenvalue weighted by Gasteiger charge is -2.31. The Morgan fingerprint density at radius 1 is 1.11 bits per heavy atom. The highest BCUT2D eigenvalue weighted by Gasteiger charge is 2.22. The smallest absolute Gasteiger partial charge is 0.0406 e. The van der Waals surface area contributed by atoms with Gasteiger partial charge in [0, 0.05) is 17.6 Å². The van der Waals surface area contributed by atoms with Crippen LogP contribution < -0.4 is 5.32 Å².